The minimum atomic E-state index is -5.84. The molecule has 2 aliphatic heterocycles. The van der Waals surface area contributed by atoms with Crippen LogP contribution in [0.3, 0.4) is 0 Å². The molecule has 0 fully saturated rings. The molecule has 0 atom stereocenters. The summed E-state index contributed by atoms with van der Waals surface area (Å²) in [5, 5.41) is 14.0. The number of alkyl halides is 3. The zero-order valence-electron chi connectivity index (χ0n) is 41.2. The summed E-state index contributed by atoms with van der Waals surface area (Å²) in [4.78, 5) is 21.8. The quantitative estimate of drug-likeness (QED) is 0.0867. The summed E-state index contributed by atoms with van der Waals surface area (Å²) >= 11 is 3.41. The van der Waals surface area contributed by atoms with Gasteiger partial charge in [0.05, 0.1) is 20.4 Å². The van der Waals surface area contributed by atoms with Crippen LogP contribution in [-0.2, 0) is 50.3 Å². The first-order chi connectivity index (χ1) is 37.0. The van der Waals surface area contributed by atoms with Gasteiger partial charge in [0, 0.05) is 101 Å². The molecular formula is C59H46F3Ir2N4O7S3-3. The van der Waals surface area contributed by atoms with Crippen LogP contribution < -0.4 is 9.47 Å². The van der Waals surface area contributed by atoms with Crippen LogP contribution >= 0.6 is 23.5 Å². The molecule has 11 nitrogen and oxygen atoms in total. The molecule has 0 saturated carbocycles. The predicted molar refractivity (Wildman–Crippen MR) is 290 cm³/mol. The van der Waals surface area contributed by atoms with Gasteiger partial charge in [0.2, 0.25) is 0 Å². The van der Waals surface area contributed by atoms with Crippen LogP contribution in [0.1, 0.15) is 0 Å². The van der Waals surface area contributed by atoms with E-state index < -0.39 is 15.6 Å². The van der Waals surface area contributed by atoms with Crippen LogP contribution in [0.25, 0.3) is 45.0 Å². The summed E-state index contributed by atoms with van der Waals surface area (Å²) in [6.45, 7) is 0. The summed E-state index contributed by atoms with van der Waals surface area (Å²) in [5.74, 6) is 3.55. The van der Waals surface area contributed by atoms with Gasteiger partial charge in [0.25, 0.3) is 0 Å². The van der Waals surface area contributed by atoms with Crippen LogP contribution in [-0.4, -0.2) is 62.8 Å². The van der Waals surface area contributed by atoms with E-state index in [4.69, 9.17) is 32.7 Å². The standard InChI is InChI=1S/C17H11NOS.C17H10NOS.2C11H8N.CHF3O3S.2CH4O.2Ir/c2*1-2-6-12(7-3-1)16-17-14(10-11-18-16)19-13-8-4-5-9-15(13)20-17;2*1-2-6-10(7-3-1)11-8-4-5-9-12-11;2-1(3,4)8(5,6)7;2*1-2;;/h1-11H;1-6,8-11H;2*1-6,8-9H;(H,5,6,7);2*2H,1H3;;/q;3*-1;;;;;. The Morgan fingerprint density at radius 2 is 0.808 bits per heavy atom. The van der Waals surface area contributed by atoms with Crippen molar-refractivity contribution in [3.05, 3.63) is 243 Å². The first-order valence-electron chi connectivity index (χ1n) is 22.6. The molecule has 6 heterocycles. The average molecular weight is 1460 g/mol. The monoisotopic (exact) mass is 1460 g/mol. The van der Waals surface area contributed by atoms with Crippen LogP contribution in [0.2, 0.25) is 0 Å². The van der Waals surface area contributed by atoms with E-state index in [9.17, 15) is 13.2 Å². The average Bonchev–Trinajstić information content (AvgIpc) is 3.51. The number of hydrogen-bond donors (Lipinski definition) is 3. The van der Waals surface area contributed by atoms with Crippen LogP contribution in [0.15, 0.2) is 245 Å². The fourth-order valence-corrected chi connectivity index (χ4v) is 8.70. The second-order valence-corrected chi connectivity index (χ2v) is 18.3. The van der Waals surface area contributed by atoms with E-state index in [1.54, 1.807) is 48.3 Å². The number of fused-ring (bicyclic) bond motifs is 4. The first kappa shape index (κ1) is 63.7. The van der Waals surface area contributed by atoms with Crippen molar-refractivity contribution in [1.82, 2.24) is 19.9 Å². The number of pyridine rings is 4. The molecule has 6 aromatic carbocycles. The number of halogens is 3. The molecule has 0 unspecified atom stereocenters. The van der Waals surface area contributed by atoms with Gasteiger partial charge in [0.15, 0.2) is 0 Å². The molecule has 0 saturated heterocycles. The Balaban J connectivity index is 0.000000213. The third-order valence-corrected chi connectivity index (χ3v) is 12.8. The van der Waals surface area contributed by atoms with Crippen LogP contribution in [0, 0.1) is 18.2 Å². The molecule has 0 bridgehead atoms. The molecule has 4 aromatic heterocycles. The molecule has 19 heteroatoms. The maximum Gasteiger partial charge on any atom is 0.522 e. The normalized spacial score (nSPS) is 10.8. The Morgan fingerprint density at radius 3 is 1.21 bits per heavy atom. The van der Waals surface area contributed by atoms with Gasteiger partial charge in [-0.15, -0.1) is 108 Å². The number of aliphatic hydroxyl groups excluding tert-OH is 2. The van der Waals surface area contributed by atoms with E-state index in [1.807, 2.05) is 176 Å². The minimum Gasteiger partial charge on any atom is -0.456 e. The summed E-state index contributed by atoms with van der Waals surface area (Å²) < 4.78 is 69.5. The van der Waals surface area contributed by atoms with Crippen molar-refractivity contribution in [2.45, 2.75) is 25.1 Å². The Kier molecular flexibility index (Phi) is 26.8. The second kappa shape index (κ2) is 32.8. The molecule has 0 amide bonds. The number of ether oxygens (including phenoxy) is 2. The van der Waals surface area contributed by atoms with Gasteiger partial charge in [0.1, 0.15) is 23.0 Å². The fourth-order valence-electron chi connectivity index (χ4n) is 6.60. The number of nitrogens with zero attached hydrogens (tertiary/aromatic N) is 4. The largest absolute Gasteiger partial charge is 0.522 e. The zero-order valence-corrected chi connectivity index (χ0v) is 48.4. The molecule has 3 N–H and O–H groups in total. The smallest absolute Gasteiger partial charge is 0.456 e. The van der Waals surface area contributed by atoms with Gasteiger partial charge >= 0.3 is 15.6 Å². The van der Waals surface area contributed by atoms with Gasteiger partial charge < -0.3 is 34.6 Å². The van der Waals surface area contributed by atoms with Crippen molar-refractivity contribution >= 4 is 33.6 Å². The van der Waals surface area contributed by atoms with E-state index in [0.717, 1.165) is 102 Å². The van der Waals surface area contributed by atoms with Crippen molar-refractivity contribution in [3.8, 4) is 68.0 Å². The summed E-state index contributed by atoms with van der Waals surface area (Å²) in [6, 6.07) is 74.9. The number of hydrogen-bond acceptors (Lipinski definition) is 12. The van der Waals surface area contributed by atoms with Crippen LogP contribution in [0.4, 0.5) is 13.2 Å². The van der Waals surface area contributed by atoms with Crippen molar-refractivity contribution < 1.29 is 86.0 Å². The Morgan fingerprint density at radius 1 is 0.436 bits per heavy atom. The van der Waals surface area contributed by atoms with Crippen LogP contribution in [0.5, 0.6) is 23.0 Å². The molecule has 12 rings (SSSR count). The van der Waals surface area contributed by atoms with Gasteiger partial charge in [-0.25, -0.2) is 0 Å². The van der Waals surface area contributed by atoms with Crippen molar-refractivity contribution in [3.63, 3.8) is 0 Å². The van der Waals surface area contributed by atoms with E-state index >= 15 is 0 Å². The van der Waals surface area contributed by atoms with E-state index in [1.165, 1.54) is 0 Å². The third kappa shape index (κ3) is 18.4. The third-order valence-electron chi connectivity index (χ3n) is 9.90. The Hall–Kier alpha value is -6.86. The number of rotatable bonds is 4. The Bertz CT molecular complexity index is 3160. The topological polar surface area (TPSA) is 165 Å². The van der Waals surface area contributed by atoms with E-state index in [-0.39, 0.29) is 40.2 Å². The van der Waals surface area contributed by atoms with E-state index in [2.05, 4.69) is 62.4 Å². The number of aromatic nitrogens is 4. The molecule has 404 valence electrons. The SMILES string of the molecule is CO.CO.O=S(=O)(O)C(F)(F)F.[Ir].[Ir].[c-]1ccccc1-c1ccccn1.[c-]1ccccc1-c1ccccn1.[c-]1ccccc1-c1nccc2c1Sc1ccccc1O2.c1ccc(-c2nccc3c2Sc2ccccc2O3)cc1. The fraction of sp³-hybridized carbons (Fsp3) is 0.0508. The van der Waals surface area contributed by atoms with Gasteiger partial charge in [-0.2, -0.15) is 21.6 Å². The maximum absolute atomic E-state index is 10.7. The molecule has 0 aliphatic carbocycles. The molecular weight excluding hydrogens is 1410 g/mol. The second-order valence-electron chi connectivity index (χ2n) is 14.8. The number of benzene rings is 6. The number of para-hydroxylation sites is 2. The molecule has 2 aliphatic rings. The van der Waals surface area contributed by atoms with E-state index in [0.29, 0.717) is 0 Å². The van der Waals surface area contributed by atoms with Crippen molar-refractivity contribution in [2.24, 2.45) is 0 Å². The molecule has 0 spiro atoms. The van der Waals surface area contributed by atoms with Gasteiger partial charge in [-0.3, -0.25) is 9.54 Å². The zero-order chi connectivity index (χ0) is 54.2. The number of aliphatic hydroxyl groups is 2. The Labute approximate surface area is 486 Å². The van der Waals surface area contributed by atoms with Crippen molar-refractivity contribution in [2.75, 3.05) is 14.2 Å². The first-order valence-corrected chi connectivity index (χ1v) is 25.7. The maximum atomic E-state index is 10.7. The summed E-state index contributed by atoms with van der Waals surface area (Å²) in [5.41, 5.74) is 2.48. The molecule has 2 radical (unpaired) electrons. The van der Waals surface area contributed by atoms with Gasteiger partial charge in [-0.1, -0.05) is 102 Å². The van der Waals surface area contributed by atoms with Gasteiger partial charge in [-0.05, 0) is 53.9 Å². The summed E-state index contributed by atoms with van der Waals surface area (Å²) in [7, 11) is -3.84. The minimum absolute atomic E-state index is 0. The summed E-state index contributed by atoms with van der Waals surface area (Å²) in [6.07, 6.45) is 7.16. The van der Waals surface area contributed by atoms with Crippen molar-refractivity contribution in [1.29, 1.82) is 0 Å². The molecule has 78 heavy (non-hydrogen) atoms. The predicted octanol–water partition coefficient (Wildman–Crippen LogP) is 14.5. The molecule has 10 aromatic rings.